The normalized spacial score (nSPS) is 18.9. The van der Waals surface area contributed by atoms with Gasteiger partial charge in [0.2, 0.25) is 5.89 Å². The van der Waals surface area contributed by atoms with Crippen molar-refractivity contribution in [1.82, 2.24) is 9.88 Å². The molecule has 2 rings (SSSR count). The molecule has 0 bridgehead atoms. The molecule has 0 unspecified atom stereocenters. The molecule has 90 valence electrons. The van der Waals surface area contributed by atoms with Crippen LogP contribution in [0.5, 0.6) is 0 Å². The number of oxazole rings is 1. The Bertz CT molecular complexity index is 335. The van der Waals surface area contributed by atoms with E-state index in [0.717, 1.165) is 44.5 Å². The molecule has 1 aliphatic heterocycles. The Morgan fingerprint density at radius 1 is 1.31 bits per heavy atom. The fraction of sp³-hybridized carbons (Fsp3) is 0.750. The number of rotatable bonds is 2. The van der Waals surface area contributed by atoms with Gasteiger partial charge in [-0.3, -0.25) is 4.90 Å². The van der Waals surface area contributed by atoms with Gasteiger partial charge >= 0.3 is 0 Å². The Balaban J connectivity index is 1.97. The molecule has 0 spiro atoms. The van der Waals surface area contributed by atoms with E-state index in [2.05, 4.69) is 30.7 Å². The van der Waals surface area contributed by atoms with E-state index >= 15 is 0 Å². The van der Waals surface area contributed by atoms with E-state index in [0.29, 0.717) is 0 Å². The first-order valence-electron chi connectivity index (χ1n) is 5.81. The second-order valence-corrected chi connectivity index (χ2v) is 5.26. The summed E-state index contributed by atoms with van der Waals surface area (Å²) in [6.45, 7) is 10.7. The van der Waals surface area contributed by atoms with Crippen LogP contribution in [0.15, 0.2) is 10.6 Å². The Kier molecular flexibility index (Phi) is 3.30. The van der Waals surface area contributed by atoms with Gasteiger partial charge < -0.3 is 9.15 Å². The minimum absolute atomic E-state index is 0.0380. The molecule has 16 heavy (non-hydrogen) atoms. The molecule has 4 heteroatoms. The highest BCUT2D eigenvalue weighted by Crippen LogP contribution is 2.23. The Morgan fingerprint density at radius 2 is 2.00 bits per heavy atom. The first kappa shape index (κ1) is 11.6. The zero-order chi connectivity index (χ0) is 11.6. The maximum Gasteiger partial charge on any atom is 0.208 e. The zero-order valence-electron chi connectivity index (χ0n) is 10.3. The minimum Gasteiger partial charge on any atom is -0.444 e. The van der Waals surface area contributed by atoms with E-state index < -0.39 is 0 Å². The van der Waals surface area contributed by atoms with Crippen molar-refractivity contribution in [3.8, 4) is 0 Å². The molecule has 4 nitrogen and oxygen atoms in total. The van der Waals surface area contributed by atoms with Crippen LogP contribution < -0.4 is 0 Å². The van der Waals surface area contributed by atoms with E-state index in [1.807, 2.05) is 6.20 Å². The average molecular weight is 224 g/mol. The van der Waals surface area contributed by atoms with Gasteiger partial charge in [-0.05, 0) is 0 Å². The molecule has 0 N–H and O–H groups in total. The van der Waals surface area contributed by atoms with E-state index in [1.54, 1.807) is 0 Å². The van der Waals surface area contributed by atoms with Gasteiger partial charge in [-0.25, -0.2) is 4.98 Å². The number of hydrogen-bond donors (Lipinski definition) is 0. The molecule has 0 saturated carbocycles. The van der Waals surface area contributed by atoms with Crippen LogP contribution >= 0.6 is 0 Å². The van der Waals surface area contributed by atoms with Crippen molar-refractivity contribution in [2.45, 2.75) is 32.7 Å². The minimum atomic E-state index is 0.0380. The Hall–Kier alpha value is -0.870. The summed E-state index contributed by atoms with van der Waals surface area (Å²) in [6.07, 6.45) is 1.84. The molecule has 0 atom stereocenters. The second kappa shape index (κ2) is 4.55. The lowest BCUT2D eigenvalue weighted by molar-refractivity contribution is 0.0303. The maximum atomic E-state index is 5.76. The highest BCUT2D eigenvalue weighted by molar-refractivity contribution is 5.05. The molecule has 1 fully saturated rings. The van der Waals surface area contributed by atoms with Crippen LogP contribution in [0.1, 0.15) is 32.4 Å². The highest BCUT2D eigenvalue weighted by Gasteiger charge is 2.20. The van der Waals surface area contributed by atoms with E-state index in [4.69, 9.17) is 9.15 Å². The summed E-state index contributed by atoms with van der Waals surface area (Å²) in [7, 11) is 0. The van der Waals surface area contributed by atoms with Gasteiger partial charge in [0.1, 0.15) is 5.76 Å². The highest BCUT2D eigenvalue weighted by atomic mass is 16.5. The van der Waals surface area contributed by atoms with E-state index in [9.17, 15) is 0 Å². The molecule has 1 aromatic heterocycles. The molecule has 2 heterocycles. The van der Waals surface area contributed by atoms with Crippen molar-refractivity contribution in [3.05, 3.63) is 17.8 Å². The smallest absolute Gasteiger partial charge is 0.208 e. The summed E-state index contributed by atoms with van der Waals surface area (Å²) in [6, 6.07) is 0. The zero-order valence-corrected chi connectivity index (χ0v) is 10.3. The van der Waals surface area contributed by atoms with Gasteiger partial charge in [0.15, 0.2) is 0 Å². The lowest BCUT2D eigenvalue weighted by Gasteiger charge is -2.25. The van der Waals surface area contributed by atoms with Crippen LogP contribution in [-0.2, 0) is 16.7 Å². The fourth-order valence-corrected chi connectivity index (χ4v) is 1.68. The van der Waals surface area contributed by atoms with Crippen LogP contribution in [0.4, 0.5) is 0 Å². The van der Waals surface area contributed by atoms with Gasteiger partial charge in [0.05, 0.1) is 26.0 Å². The molecule has 0 radical (unpaired) electrons. The number of aromatic nitrogens is 1. The summed E-state index contributed by atoms with van der Waals surface area (Å²) in [5, 5.41) is 0. The topological polar surface area (TPSA) is 38.5 Å². The van der Waals surface area contributed by atoms with Crippen molar-refractivity contribution >= 4 is 0 Å². The average Bonchev–Trinajstić information content (AvgIpc) is 2.67. The molecular formula is C12H20N2O2. The number of hydrogen-bond acceptors (Lipinski definition) is 4. The van der Waals surface area contributed by atoms with Crippen LogP contribution in [0.2, 0.25) is 0 Å². The van der Waals surface area contributed by atoms with Crippen molar-refractivity contribution in [1.29, 1.82) is 0 Å². The van der Waals surface area contributed by atoms with Gasteiger partial charge in [-0.2, -0.15) is 0 Å². The van der Waals surface area contributed by atoms with Crippen LogP contribution in [0, 0.1) is 0 Å². The SMILES string of the molecule is CC(C)(C)c1cnc(CN2CCOCC2)o1. The molecule has 0 amide bonds. The number of nitrogens with zero attached hydrogens (tertiary/aromatic N) is 2. The van der Waals surface area contributed by atoms with Gasteiger partial charge in [0.25, 0.3) is 0 Å². The third kappa shape index (κ3) is 2.83. The Labute approximate surface area is 96.6 Å². The Morgan fingerprint density at radius 3 is 2.56 bits per heavy atom. The summed E-state index contributed by atoms with van der Waals surface area (Å²) < 4.78 is 11.1. The maximum absolute atomic E-state index is 5.76. The van der Waals surface area contributed by atoms with Crippen molar-refractivity contribution in [3.63, 3.8) is 0 Å². The number of morpholine rings is 1. The molecule has 1 aliphatic rings. The molecular weight excluding hydrogens is 204 g/mol. The third-order valence-electron chi connectivity index (χ3n) is 2.76. The first-order chi connectivity index (χ1) is 7.55. The largest absolute Gasteiger partial charge is 0.444 e. The summed E-state index contributed by atoms with van der Waals surface area (Å²) in [4.78, 5) is 6.63. The standard InChI is InChI=1S/C12H20N2O2/c1-12(2,3)10-8-13-11(16-10)9-14-4-6-15-7-5-14/h8H,4-7,9H2,1-3H3. The van der Waals surface area contributed by atoms with E-state index in [-0.39, 0.29) is 5.41 Å². The summed E-state index contributed by atoms with van der Waals surface area (Å²) >= 11 is 0. The van der Waals surface area contributed by atoms with Crippen LogP contribution in [0.3, 0.4) is 0 Å². The van der Waals surface area contributed by atoms with Crippen LogP contribution in [-0.4, -0.2) is 36.2 Å². The first-order valence-corrected chi connectivity index (χ1v) is 5.81. The summed E-state index contributed by atoms with van der Waals surface area (Å²) in [5.74, 6) is 1.77. The van der Waals surface area contributed by atoms with Gasteiger partial charge in [-0.15, -0.1) is 0 Å². The lowest BCUT2D eigenvalue weighted by atomic mass is 9.94. The number of ether oxygens (including phenoxy) is 1. The molecule has 1 aromatic rings. The lowest BCUT2D eigenvalue weighted by Crippen LogP contribution is -2.35. The molecule has 1 saturated heterocycles. The monoisotopic (exact) mass is 224 g/mol. The third-order valence-corrected chi connectivity index (χ3v) is 2.76. The van der Waals surface area contributed by atoms with Crippen molar-refractivity contribution in [2.75, 3.05) is 26.3 Å². The predicted octanol–water partition coefficient (Wildman–Crippen LogP) is 1.80. The van der Waals surface area contributed by atoms with E-state index in [1.165, 1.54) is 0 Å². The molecule has 0 aliphatic carbocycles. The van der Waals surface area contributed by atoms with Gasteiger partial charge in [0, 0.05) is 18.5 Å². The summed E-state index contributed by atoms with van der Waals surface area (Å²) in [5.41, 5.74) is 0.0380. The second-order valence-electron chi connectivity index (χ2n) is 5.26. The quantitative estimate of drug-likeness (QED) is 0.768. The van der Waals surface area contributed by atoms with Crippen molar-refractivity contribution < 1.29 is 9.15 Å². The van der Waals surface area contributed by atoms with Crippen molar-refractivity contribution in [2.24, 2.45) is 0 Å². The van der Waals surface area contributed by atoms with Gasteiger partial charge in [-0.1, -0.05) is 20.8 Å². The fourth-order valence-electron chi connectivity index (χ4n) is 1.68. The molecule has 0 aromatic carbocycles. The van der Waals surface area contributed by atoms with Crippen LogP contribution in [0.25, 0.3) is 0 Å². The predicted molar refractivity (Wildman–Crippen MR) is 61.3 cm³/mol.